The number of carbonyl (C=O) groups is 2. The molecule has 2 aromatic rings. The fourth-order valence-electron chi connectivity index (χ4n) is 2.25. The van der Waals surface area contributed by atoms with Crippen LogP contribution in [0.25, 0.3) is 0 Å². The molecular formula is C18H19ClN2O4. The van der Waals surface area contributed by atoms with E-state index in [9.17, 15) is 9.59 Å². The SMILES string of the molecule is CCOc1c(Cl)cc(C(=O)Nc2ccc(CC(N)=O)cc2)cc1OC. The first-order valence-electron chi connectivity index (χ1n) is 7.63. The number of hydrogen-bond donors (Lipinski definition) is 2. The van der Waals surface area contributed by atoms with Crippen LogP contribution in [-0.2, 0) is 11.2 Å². The summed E-state index contributed by atoms with van der Waals surface area (Å²) in [6, 6.07) is 9.94. The number of amides is 2. The number of nitrogens with two attached hydrogens (primary N) is 1. The van der Waals surface area contributed by atoms with Crippen LogP contribution in [0.2, 0.25) is 5.02 Å². The summed E-state index contributed by atoms with van der Waals surface area (Å²) < 4.78 is 10.7. The van der Waals surface area contributed by atoms with Crippen molar-refractivity contribution in [2.24, 2.45) is 5.73 Å². The number of methoxy groups -OCH3 is 1. The van der Waals surface area contributed by atoms with E-state index < -0.39 is 5.91 Å². The van der Waals surface area contributed by atoms with E-state index in [1.54, 1.807) is 30.3 Å². The van der Waals surface area contributed by atoms with Gasteiger partial charge in [-0.25, -0.2) is 0 Å². The predicted octanol–water partition coefficient (Wildman–Crippen LogP) is 3.03. The normalized spacial score (nSPS) is 10.2. The van der Waals surface area contributed by atoms with Gasteiger partial charge in [0.15, 0.2) is 11.5 Å². The first kappa shape index (κ1) is 18.6. The molecule has 0 aliphatic carbocycles. The molecule has 0 saturated heterocycles. The second-order valence-corrected chi connectivity index (χ2v) is 5.62. The highest BCUT2D eigenvalue weighted by atomic mass is 35.5. The molecule has 0 saturated carbocycles. The molecule has 0 spiro atoms. The van der Waals surface area contributed by atoms with Gasteiger partial charge in [0.2, 0.25) is 5.91 Å². The number of rotatable bonds is 7. The van der Waals surface area contributed by atoms with E-state index in [1.807, 2.05) is 6.92 Å². The molecule has 0 fully saturated rings. The molecule has 0 aliphatic heterocycles. The molecule has 2 rings (SSSR count). The van der Waals surface area contributed by atoms with Crippen molar-refractivity contribution < 1.29 is 19.1 Å². The minimum Gasteiger partial charge on any atom is -0.493 e. The number of hydrogen-bond acceptors (Lipinski definition) is 4. The van der Waals surface area contributed by atoms with Gasteiger partial charge in [-0.15, -0.1) is 0 Å². The maximum atomic E-state index is 12.4. The fraction of sp³-hybridized carbons (Fsp3) is 0.222. The number of ether oxygens (including phenoxy) is 2. The van der Waals surface area contributed by atoms with Crippen LogP contribution in [0.4, 0.5) is 5.69 Å². The second kappa shape index (κ2) is 8.39. The number of anilines is 1. The first-order chi connectivity index (χ1) is 11.9. The number of primary amides is 1. The zero-order valence-electron chi connectivity index (χ0n) is 14.0. The minimum absolute atomic E-state index is 0.153. The monoisotopic (exact) mass is 362 g/mol. The summed E-state index contributed by atoms with van der Waals surface area (Å²) in [5.41, 5.74) is 6.85. The van der Waals surface area contributed by atoms with Crippen LogP contribution in [0.5, 0.6) is 11.5 Å². The standard InChI is InChI=1S/C18H19ClN2O4/c1-3-25-17-14(19)9-12(10-15(17)24-2)18(23)21-13-6-4-11(5-7-13)8-16(20)22/h4-7,9-10H,3,8H2,1-2H3,(H2,20,22)(H,21,23). The van der Waals surface area contributed by atoms with E-state index >= 15 is 0 Å². The van der Waals surface area contributed by atoms with Gasteiger partial charge in [0.1, 0.15) is 0 Å². The molecule has 2 aromatic carbocycles. The summed E-state index contributed by atoms with van der Waals surface area (Å²) in [5.74, 6) is 0.0362. The van der Waals surface area contributed by atoms with E-state index in [2.05, 4.69) is 5.32 Å². The molecule has 0 radical (unpaired) electrons. The van der Waals surface area contributed by atoms with E-state index in [1.165, 1.54) is 13.2 Å². The number of halogens is 1. The third-order valence-electron chi connectivity index (χ3n) is 3.37. The Labute approximate surface area is 150 Å². The largest absolute Gasteiger partial charge is 0.493 e. The van der Waals surface area contributed by atoms with Crippen molar-refractivity contribution in [1.29, 1.82) is 0 Å². The summed E-state index contributed by atoms with van der Waals surface area (Å²) in [6.45, 7) is 2.26. The summed E-state index contributed by atoms with van der Waals surface area (Å²) in [4.78, 5) is 23.3. The zero-order chi connectivity index (χ0) is 18.4. The lowest BCUT2D eigenvalue weighted by molar-refractivity contribution is -0.117. The van der Waals surface area contributed by atoms with Crippen molar-refractivity contribution in [3.63, 3.8) is 0 Å². The highest BCUT2D eigenvalue weighted by molar-refractivity contribution is 6.32. The molecule has 25 heavy (non-hydrogen) atoms. The van der Waals surface area contributed by atoms with Crippen molar-refractivity contribution in [2.75, 3.05) is 19.0 Å². The average Bonchev–Trinajstić information content (AvgIpc) is 2.57. The molecule has 3 N–H and O–H groups in total. The highest BCUT2D eigenvalue weighted by Gasteiger charge is 2.16. The van der Waals surface area contributed by atoms with E-state index in [4.69, 9.17) is 26.8 Å². The Morgan fingerprint density at radius 2 is 1.88 bits per heavy atom. The Balaban J connectivity index is 2.17. The topological polar surface area (TPSA) is 90.6 Å². The van der Waals surface area contributed by atoms with Crippen LogP contribution >= 0.6 is 11.6 Å². The lowest BCUT2D eigenvalue weighted by atomic mass is 10.1. The molecule has 0 bridgehead atoms. The molecule has 132 valence electrons. The van der Waals surface area contributed by atoms with Crippen molar-refractivity contribution in [3.05, 3.63) is 52.5 Å². The third-order valence-corrected chi connectivity index (χ3v) is 3.65. The third kappa shape index (κ3) is 4.87. The van der Waals surface area contributed by atoms with Gasteiger partial charge < -0.3 is 20.5 Å². The van der Waals surface area contributed by atoms with E-state index in [0.29, 0.717) is 34.4 Å². The first-order valence-corrected chi connectivity index (χ1v) is 8.01. The summed E-state index contributed by atoms with van der Waals surface area (Å²) in [5, 5.41) is 3.05. The average molecular weight is 363 g/mol. The van der Waals surface area contributed by atoms with Gasteiger partial charge in [-0.2, -0.15) is 0 Å². The van der Waals surface area contributed by atoms with Gasteiger partial charge in [-0.1, -0.05) is 23.7 Å². The summed E-state index contributed by atoms with van der Waals surface area (Å²) >= 11 is 6.18. The predicted molar refractivity (Wildman–Crippen MR) is 96.5 cm³/mol. The molecule has 0 atom stereocenters. The maximum absolute atomic E-state index is 12.4. The number of carbonyl (C=O) groups excluding carboxylic acids is 2. The smallest absolute Gasteiger partial charge is 0.255 e. The minimum atomic E-state index is -0.409. The van der Waals surface area contributed by atoms with E-state index in [-0.39, 0.29) is 12.3 Å². The number of nitrogens with one attached hydrogen (secondary N) is 1. The van der Waals surface area contributed by atoms with Crippen LogP contribution < -0.4 is 20.5 Å². The quantitative estimate of drug-likeness (QED) is 0.792. The zero-order valence-corrected chi connectivity index (χ0v) is 14.7. The summed E-state index contributed by atoms with van der Waals surface area (Å²) in [7, 11) is 1.48. The van der Waals surface area contributed by atoms with Crippen molar-refractivity contribution >= 4 is 29.1 Å². The van der Waals surface area contributed by atoms with Crippen LogP contribution in [0.3, 0.4) is 0 Å². The molecule has 6 nitrogen and oxygen atoms in total. The fourth-order valence-corrected chi connectivity index (χ4v) is 2.51. The second-order valence-electron chi connectivity index (χ2n) is 5.22. The van der Waals surface area contributed by atoms with Crippen LogP contribution in [-0.4, -0.2) is 25.5 Å². The summed E-state index contributed by atoms with van der Waals surface area (Å²) in [6.07, 6.45) is 0.153. The molecular weight excluding hydrogens is 344 g/mol. The van der Waals surface area contributed by atoms with Crippen molar-refractivity contribution in [3.8, 4) is 11.5 Å². The molecule has 7 heteroatoms. The van der Waals surface area contributed by atoms with Gasteiger partial charge in [0.25, 0.3) is 5.91 Å². The Kier molecular flexibility index (Phi) is 6.25. The molecule has 2 amide bonds. The van der Waals surface area contributed by atoms with Crippen molar-refractivity contribution in [1.82, 2.24) is 0 Å². The van der Waals surface area contributed by atoms with Crippen LogP contribution in [0.15, 0.2) is 36.4 Å². The van der Waals surface area contributed by atoms with Crippen LogP contribution in [0, 0.1) is 0 Å². The Morgan fingerprint density at radius 3 is 2.44 bits per heavy atom. The molecule has 0 aromatic heterocycles. The van der Waals surface area contributed by atoms with Gasteiger partial charge in [0, 0.05) is 11.3 Å². The Bertz CT molecular complexity index is 775. The number of benzene rings is 2. The maximum Gasteiger partial charge on any atom is 0.255 e. The Hall–Kier alpha value is -2.73. The lowest BCUT2D eigenvalue weighted by Gasteiger charge is -2.13. The van der Waals surface area contributed by atoms with E-state index in [0.717, 1.165) is 5.56 Å². The van der Waals surface area contributed by atoms with Crippen molar-refractivity contribution in [2.45, 2.75) is 13.3 Å². The Morgan fingerprint density at radius 1 is 1.20 bits per heavy atom. The van der Waals surface area contributed by atoms with Gasteiger partial charge in [-0.05, 0) is 36.8 Å². The van der Waals surface area contributed by atoms with Gasteiger partial charge in [0.05, 0.1) is 25.2 Å². The molecule has 0 aliphatic rings. The van der Waals surface area contributed by atoms with Gasteiger partial charge in [-0.3, -0.25) is 9.59 Å². The molecule has 0 heterocycles. The van der Waals surface area contributed by atoms with Crippen LogP contribution in [0.1, 0.15) is 22.8 Å². The molecule has 0 unspecified atom stereocenters. The van der Waals surface area contributed by atoms with Gasteiger partial charge >= 0.3 is 0 Å². The highest BCUT2D eigenvalue weighted by Crippen LogP contribution is 2.36. The lowest BCUT2D eigenvalue weighted by Crippen LogP contribution is -2.14.